The molecule has 3 amide bonds. The van der Waals surface area contributed by atoms with Crippen LogP contribution in [0.4, 0.5) is 0 Å². The molecule has 9 N–H and O–H groups in total. The van der Waals surface area contributed by atoms with Crippen LogP contribution in [0.2, 0.25) is 0 Å². The number of carboxylic acid groups (broad SMARTS) is 1. The van der Waals surface area contributed by atoms with E-state index in [0.29, 0.717) is 32.7 Å². The van der Waals surface area contributed by atoms with Crippen LogP contribution >= 0.6 is 15.9 Å². The molecule has 3 heterocycles. The monoisotopic (exact) mass is 1340 g/mol. The normalized spacial score (nSPS) is 10.8. The number of benzene rings is 6. The molecule has 0 aliphatic carbocycles. The van der Waals surface area contributed by atoms with E-state index in [1.807, 2.05) is 35.6 Å². The lowest BCUT2D eigenvalue weighted by Gasteiger charge is -2.19. The molecule has 0 unspecified atom stereocenters. The third-order valence-corrected chi connectivity index (χ3v) is 13.0. The molecule has 0 aliphatic rings. The topological polar surface area (TPSA) is 397 Å². The first-order valence-electron chi connectivity index (χ1n) is 27.7. The lowest BCUT2D eigenvalue weighted by Crippen LogP contribution is -2.36. The minimum Gasteiger partial charge on any atom is -0.506 e. The molecule has 0 spiro atoms. The Hall–Kier alpha value is -11.0. The average molecular weight is 1340 g/mol. The summed E-state index contributed by atoms with van der Waals surface area (Å²) in [5, 5.41) is 64.2. The zero-order chi connectivity index (χ0) is 68.6. The molecule has 9 rings (SSSR count). The molecule has 0 saturated heterocycles. The van der Waals surface area contributed by atoms with Crippen molar-refractivity contribution >= 4 is 97.0 Å². The van der Waals surface area contributed by atoms with E-state index in [-0.39, 0.29) is 32.9 Å². The first-order valence-corrected chi connectivity index (χ1v) is 28.4. The maximum absolute atomic E-state index is 12.4. The highest BCUT2D eigenvalue weighted by Crippen LogP contribution is 2.34. The predicted octanol–water partition coefficient (Wildman–Crippen LogP) is 6.94. The van der Waals surface area contributed by atoms with Gasteiger partial charge in [0.15, 0.2) is 16.7 Å². The standard InChI is InChI=1S/C23H23NO7.C19H15NO7.C16H16BrNO6.C7H9BO3/c1-23(2,3)31-18(25)12-24-21(27)19-20(26)16-9-8-14(11-17(16)30-22(19)28)13-6-5-7-15(10-13)29-4;1-26-12-4-2-3-10(7-12)11-5-6-13-14(8-11)27-19(25)16(17(13)23)18(24)20-9-15(21)22;1-16(2,3)24-11(19)7-18-14(21)12-13(20)9-5-4-8(17)6-10(9)23-15(12)22;1-11-7-4-2-3-6(5-7)8(9)10/h5-11,26H,12H2,1-4H3,(H,24,27);2-8,23H,9H2,1H3,(H,20,24)(H,21,22);4-6,20H,7H2,1-3H3,(H,18,21);2-5,9-10H,1H3. The minimum atomic E-state index is -1.43. The number of carbonyl (C=O) groups excluding carboxylic acids is 5. The van der Waals surface area contributed by atoms with Crippen LogP contribution in [-0.4, -0.2) is 125 Å². The number of aliphatic carboxylic acids is 1. The molecule has 0 aliphatic heterocycles. The Morgan fingerprint density at radius 2 is 0.796 bits per heavy atom. The van der Waals surface area contributed by atoms with Gasteiger partial charge in [-0.15, -0.1) is 0 Å². The van der Waals surface area contributed by atoms with Crippen molar-refractivity contribution in [2.75, 3.05) is 41.0 Å². The maximum atomic E-state index is 12.4. The van der Waals surface area contributed by atoms with Gasteiger partial charge in [-0.25, -0.2) is 14.4 Å². The van der Waals surface area contributed by atoms with Gasteiger partial charge in [-0.3, -0.25) is 28.8 Å². The van der Waals surface area contributed by atoms with Gasteiger partial charge in [0.25, 0.3) is 17.7 Å². The van der Waals surface area contributed by atoms with Crippen LogP contribution in [0.1, 0.15) is 72.6 Å². The number of carboxylic acids is 1. The van der Waals surface area contributed by atoms with Crippen molar-refractivity contribution in [1.82, 2.24) is 16.0 Å². The third-order valence-electron chi connectivity index (χ3n) is 12.5. The van der Waals surface area contributed by atoms with Crippen molar-refractivity contribution in [2.24, 2.45) is 0 Å². The molecule has 3 aromatic heterocycles. The van der Waals surface area contributed by atoms with E-state index in [9.17, 15) is 58.5 Å². The van der Waals surface area contributed by atoms with Gasteiger partial charge in [0, 0.05) is 4.47 Å². The predicted molar refractivity (Wildman–Crippen MR) is 343 cm³/mol. The number of rotatable bonds is 15. The molecule has 28 heteroatoms. The van der Waals surface area contributed by atoms with Gasteiger partial charge >= 0.3 is 41.9 Å². The van der Waals surface area contributed by atoms with Gasteiger partial charge in [-0.1, -0.05) is 64.5 Å². The number of methoxy groups -OCH3 is 3. The summed E-state index contributed by atoms with van der Waals surface area (Å²) >= 11 is 3.22. The number of carbonyl (C=O) groups is 6. The Morgan fingerprint density at radius 1 is 0.462 bits per heavy atom. The molecular formula is C65H63BBrN3O23. The fourth-order valence-corrected chi connectivity index (χ4v) is 8.72. The zero-order valence-electron chi connectivity index (χ0n) is 51.3. The number of aromatic hydroxyl groups is 3. The summed E-state index contributed by atoms with van der Waals surface area (Å²) < 4.78 is 41.6. The van der Waals surface area contributed by atoms with Gasteiger partial charge in [0.05, 0.1) is 37.5 Å². The van der Waals surface area contributed by atoms with Crippen molar-refractivity contribution in [1.29, 1.82) is 0 Å². The van der Waals surface area contributed by atoms with Crippen LogP contribution in [0.3, 0.4) is 0 Å². The number of ether oxygens (including phenoxy) is 5. The molecule has 0 saturated carbocycles. The molecular weight excluding hydrogens is 1280 g/mol. The van der Waals surface area contributed by atoms with Gasteiger partial charge in [-0.2, -0.15) is 0 Å². The summed E-state index contributed by atoms with van der Waals surface area (Å²) in [6, 6.07) is 35.4. The molecule has 26 nitrogen and oxygen atoms in total. The lowest BCUT2D eigenvalue weighted by atomic mass is 9.80. The number of esters is 2. The van der Waals surface area contributed by atoms with Crippen LogP contribution in [-0.2, 0) is 23.9 Å². The minimum absolute atomic E-state index is 0.0904. The Kier molecular flexibility index (Phi) is 23.8. The molecule has 6 aromatic carbocycles. The van der Waals surface area contributed by atoms with Crippen LogP contribution in [0.15, 0.2) is 160 Å². The van der Waals surface area contributed by atoms with Crippen LogP contribution in [0, 0.1) is 0 Å². The fourth-order valence-electron chi connectivity index (χ4n) is 8.38. The van der Waals surface area contributed by atoms with Crippen molar-refractivity contribution in [3.05, 3.63) is 180 Å². The second kappa shape index (κ2) is 31.2. The zero-order valence-corrected chi connectivity index (χ0v) is 52.9. The first-order chi connectivity index (χ1) is 43.8. The SMILES string of the molecule is CC(C)(C)OC(=O)CNC(=O)c1c(O)c2ccc(Br)cc2oc1=O.COc1cccc(-c2ccc3c(O)c(C(=O)NCC(=O)O)c(=O)oc3c2)c1.COc1cccc(-c2ccc3c(O)c(C(=O)NCC(=O)OC(C)(C)C)c(=O)oc3c2)c1.COc1cccc(B(O)O)c1. The Morgan fingerprint density at radius 3 is 1.15 bits per heavy atom. The van der Waals surface area contributed by atoms with E-state index in [0.717, 1.165) is 16.7 Å². The van der Waals surface area contributed by atoms with E-state index >= 15 is 0 Å². The summed E-state index contributed by atoms with van der Waals surface area (Å²) in [6.07, 6.45) is 0. The van der Waals surface area contributed by atoms with Crippen LogP contribution in [0.5, 0.6) is 34.5 Å². The summed E-state index contributed by atoms with van der Waals surface area (Å²) in [4.78, 5) is 107. The maximum Gasteiger partial charge on any atom is 0.488 e. The Balaban J connectivity index is 0.000000206. The number of hydrogen-bond donors (Lipinski definition) is 9. The molecule has 9 aromatic rings. The van der Waals surface area contributed by atoms with E-state index in [1.54, 1.807) is 135 Å². The van der Waals surface area contributed by atoms with E-state index in [4.69, 9.17) is 52.1 Å². The summed E-state index contributed by atoms with van der Waals surface area (Å²) in [7, 11) is 3.22. The van der Waals surface area contributed by atoms with E-state index < -0.39 is 124 Å². The Labute approximate surface area is 537 Å². The third kappa shape index (κ3) is 19.5. The second-order valence-corrected chi connectivity index (χ2v) is 22.5. The average Bonchev–Trinajstić information content (AvgIpc) is 0.812. The number of amides is 3. The van der Waals surface area contributed by atoms with Gasteiger partial charge in [-0.05, 0) is 148 Å². The van der Waals surface area contributed by atoms with E-state index in [1.165, 1.54) is 25.3 Å². The summed E-state index contributed by atoms with van der Waals surface area (Å²) in [6.45, 7) is 8.56. The largest absolute Gasteiger partial charge is 0.506 e. The quantitative estimate of drug-likeness (QED) is 0.0285. The number of halogens is 1. The fraction of sp³-hybridized carbons (Fsp3) is 0.215. The number of hydrogen-bond acceptors (Lipinski definition) is 22. The second-order valence-electron chi connectivity index (χ2n) is 21.6. The highest BCUT2D eigenvalue weighted by Gasteiger charge is 2.26. The van der Waals surface area contributed by atoms with Gasteiger partial charge in [0.1, 0.15) is 82.1 Å². The molecule has 0 fully saturated rings. The summed E-state index contributed by atoms with van der Waals surface area (Å²) in [5.74, 6) is -5.15. The van der Waals surface area contributed by atoms with Gasteiger partial charge < -0.3 is 83.4 Å². The van der Waals surface area contributed by atoms with Crippen LogP contribution < -0.4 is 52.5 Å². The van der Waals surface area contributed by atoms with Crippen molar-refractivity contribution in [2.45, 2.75) is 52.7 Å². The first kappa shape index (κ1) is 71.1. The van der Waals surface area contributed by atoms with Gasteiger partial charge in [0.2, 0.25) is 0 Å². The van der Waals surface area contributed by atoms with Crippen molar-refractivity contribution in [3.8, 4) is 56.8 Å². The highest BCUT2D eigenvalue weighted by atomic mass is 79.9. The Bertz CT molecular complexity index is 4470. The molecule has 486 valence electrons. The number of nitrogens with one attached hydrogen (secondary N) is 3. The lowest BCUT2D eigenvalue weighted by molar-refractivity contribution is -0.154. The molecule has 93 heavy (non-hydrogen) atoms. The smallest absolute Gasteiger partial charge is 0.488 e. The van der Waals surface area contributed by atoms with E-state index in [2.05, 4.69) is 26.6 Å². The molecule has 0 radical (unpaired) electrons. The summed E-state index contributed by atoms with van der Waals surface area (Å²) in [5.41, 5.74) is -2.42. The molecule has 0 bridgehead atoms. The molecule has 0 atom stereocenters. The van der Waals surface area contributed by atoms with Crippen LogP contribution in [0.25, 0.3) is 55.2 Å². The highest BCUT2D eigenvalue weighted by molar-refractivity contribution is 9.10. The number of fused-ring (bicyclic) bond motifs is 3. The van der Waals surface area contributed by atoms with Crippen molar-refractivity contribution < 1.29 is 96.2 Å². The van der Waals surface area contributed by atoms with Crippen molar-refractivity contribution in [3.63, 3.8) is 0 Å².